The van der Waals surface area contributed by atoms with Gasteiger partial charge in [-0.05, 0) is 22.0 Å². The third-order valence-electron chi connectivity index (χ3n) is 3.51. The normalized spacial score (nSPS) is 16.0. The smallest absolute Gasteiger partial charge is 0.286 e. The molecular formula is C14H8BrN5O2S2. The molecule has 24 heavy (non-hydrogen) atoms. The molecule has 1 N–H and O–H groups in total. The Bertz CT molecular complexity index is 990. The van der Waals surface area contributed by atoms with E-state index in [4.69, 9.17) is 0 Å². The molecule has 0 fully saturated rings. The van der Waals surface area contributed by atoms with Crippen molar-refractivity contribution in [2.45, 2.75) is 10.3 Å². The maximum atomic E-state index is 11.5. The van der Waals surface area contributed by atoms with Crippen LogP contribution in [0, 0.1) is 10.1 Å². The number of para-hydroxylation sites is 1. The summed E-state index contributed by atoms with van der Waals surface area (Å²) in [6.45, 7) is 0. The van der Waals surface area contributed by atoms with E-state index in [1.807, 2.05) is 24.3 Å². The van der Waals surface area contributed by atoms with Crippen LogP contribution < -0.4 is 5.32 Å². The van der Waals surface area contributed by atoms with Crippen LogP contribution in [0.2, 0.25) is 0 Å². The van der Waals surface area contributed by atoms with Gasteiger partial charge in [-0.2, -0.15) is 8.75 Å². The second-order valence-electron chi connectivity index (χ2n) is 4.91. The lowest BCUT2D eigenvalue weighted by Gasteiger charge is -2.20. The monoisotopic (exact) mass is 421 g/mol. The zero-order valence-electron chi connectivity index (χ0n) is 11.8. The molecule has 1 atom stereocenters. The van der Waals surface area contributed by atoms with Gasteiger partial charge in [0.25, 0.3) is 5.69 Å². The number of nitrogens with one attached hydrogen (secondary N) is 1. The molecule has 1 unspecified atom stereocenters. The van der Waals surface area contributed by atoms with E-state index in [0.29, 0.717) is 20.4 Å². The molecular weight excluding hydrogens is 414 g/mol. The maximum absolute atomic E-state index is 11.5. The number of hydrogen-bond acceptors (Lipinski definition) is 8. The summed E-state index contributed by atoms with van der Waals surface area (Å²) >= 11 is 5.67. The molecule has 0 saturated heterocycles. The number of benzene rings is 2. The van der Waals surface area contributed by atoms with Crippen LogP contribution >= 0.6 is 39.4 Å². The predicted molar refractivity (Wildman–Crippen MR) is 98.9 cm³/mol. The van der Waals surface area contributed by atoms with E-state index in [1.54, 1.807) is 6.34 Å². The lowest BCUT2D eigenvalue weighted by molar-refractivity contribution is -0.387. The number of nitro benzene ring substituents is 1. The van der Waals surface area contributed by atoms with Crippen molar-refractivity contribution in [3.63, 3.8) is 0 Å². The predicted octanol–water partition coefficient (Wildman–Crippen LogP) is 4.61. The molecule has 1 aromatic heterocycles. The number of thioether (sulfide) groups is 1. The maximum Gasteiger partial charge on any atom is 0.286 e. The van der Waals surface area contributed by atoms with Crippen LogP contribution in [0.15, 0.2) is 44.7 Å². The fourth-order valence-corrected chi connectivity index (χ4v) is 4.85. The molecule has 1 aliphatic rings. The molecule has 0 saturated carbocycles. The number of halogens is 1. The minimum Gasteiger partial charge on any atom is -0.346 e. The molecule has 0 aliphatic carbocycles. The third-order valence-corrected chi connectivity index (χ3v) is 5.88. The van der Waals surface area contributed by atoms with Crippen LogP contribution in [0.5, 0.6) is 0 Å². The van der Waals surface area contributed by atoms with Gasteiger partial charge in [-0.25, -0.2) is 0 Å². The average molecular weight is 422 g/mol. The number of aromatic nitrogens is 2. The molecule has 0 radical (unpaired) electrons. The van der Waals surface area contributed by atoms with Gasteiger partial charge in [0, 0.05) is 17.3 Å². The SMILES string of the molecule is O=[N+]([O-])c1cc(Br)c2nsnc2c1SC1N=CNc2ccccc21. The second-order valence-corrected chi connectivity index (χ2v) is 7.38. The third kappa shape index (κ3) is 2.56. The number of fused-ring (bicyclic) bond motifs is 2. The van der Waals surface area contributed by atoms with Crippen LogP contribution in [-0.4, -0.2) is 20.0 Å². The van der Waals surface area contributed by atoms with Gasteiger partial charge in [0.2, 0.25) is 0 Å². The zero-order valence-corrected chi connectivity index (χ0v) is 15.1. The Labute approximate surface area is 152 Å². The molecule has 0 spiro atoms. The highest BCUT2D eigenvalue weighted by atomic mass is 79.9. The Morgan fingerprint density at radius 1 is 1.29 bits per heavy atom. The van der Waals surface area contributed by atoms with E-state index in [1.165, 1.54) is 17.8 Å². The van der Waals surface area contributed by atoms with E-state index < -0.39 is 4.92 Å². The highest BCUT2D eigenvalue weighted by Crippen LogP contribution is 2.47. The van der Waals surface area contributed by atoms with Crippen LogP contribution in [0.4, 0.5) is 11.4 Å². The Balaban J connectivity index is 1.85. The summed E-state index contributed by atoms with van der Waals surface area (Å²) in [5.41, 5.74) is 3.06. The number of aliphatic imine (C=N–C) groups is 1. The van der Waals surface area contributed by atoms with Crippen molar-refractivity contribution in [3.05, 3.63) is 50.5 Å². The van der Waals surface area contributed by atoms with Gasteiger partial charge < -0.3 is 5.32 Å². The standard InChI is InChI=1S/C14H8BrN5O2S2/c15-8-5-10(20(21)22)13(12-11(8)18-24-19-12)23-14-7-3-1-2-4-9(7)16-6-17-14/h1-6,14H,(H,16,17). The molecule has 4 rings (SSSR count). The molecule has 120 valence electrons. The summed E-state index contributed by atoms with van der Waals surface area (Å²) in [5.74, 6) is 0. The number of nitrogens with zero attached hydrogens (tertiary/aromatic N) is 4. The van der Waals surface area contributed by atoms with E-state index in [0.717, 1.165) is 23.0 Å². The first-order valence-electron chi connectivity index (χ1n) is 6.78. The lowest BCUT2D eigenvalue weighted by atomic mass is 10.1. The van der Waals surface area contributed by atoms with E-state index >= 15 is 0 Å². The van der Waals surface area contributed by atoms with Crippen LogP contribution in [0.1, 0.15) is 10.9 Å². The van der Waals surface area contributed by atoms with Gasteiger partial charge in [-0.15, -0.1) is 0 Å². The number of rotatable bonds is 3. The van der Waals surface area contributed by atoms with Crippen molar-refractivity contribution < 1.29 is 4.92 Å². The average Bonchev–Trinajstić information content (AvgIpc) is 3.07. The topological polar surface area (TPSA) is 93.3 Å². The Kier molecular flexibility index (Phi) is 3.94. The lowest BCUT2D eigenvalue weighted by Crippen LogP contribution is -2.08. The molecule has 0 bridgehead atoms. The summed E-state index contributed by atoms with van der Waals surface area (Å²) in [5, 5.41) is 14.3. The molecule has 10 heteroatoms. The summed E-state index contributed by atoms with van der Waals surface area (Å²) in [6.07, 6.45) is 1.61. The van der Waals surface area contributed by atoms with Gasteiger partial charge in [-0.3, -0.25) is 15.1 Å². The van der Waals surface area contributed by atoms with Crippen LogP contribution in [0.25, 0.3) is 11.0 Å². The fourth-order valence-electron chi connectivity index (χ4n) is 2.43. The van der Waals surface area contributed by atoms with Crippen molar-refractivity contribution in [2.75, 3.05) is 5.32 Å². The van der Waals surface area contributed by atoms with E-state index in [-0.39, 0.29) is 11.1 Å². The first-order valence-corrected chi connectivity index (χ1v) is 9.18. The number of nitro groups is 1. The van der Waals surface area contributed by atoms with Gasteiger partial charge in [-0.1, -0.05) is 30.0 Å². The minimum atomic E-state index is -0.400. The summed E-state index contributed by atoms with van der Waals surface area (Å²) in [6, 6.07) is 9.23. The van der Waals surface area contributed by atoms with Gasteiger partial charge >= 0.3 is 0 Å². The van der Waals surface area contributed by atoms with Crippen LogP contribution in [-0.2, 0) is 0 Å². The van der Waals surface area contributed by atoms with E-state index in [2.05, 4.69) is 35.0 Å². The fraction of sp³-hybridized carbons (Fsp3) is 0.0714. The van der Waals surface area contributed by atoms with Crippen molar-refractivity contribution in [2.24, 2.45) is 4.99 Å². The summed E-state index contributed by atoms with van der Waals surface area (Å²) in [4.78, 5) is 16.0. The van der Waals surface area contributed by atoms with Crippen molar-refractivity contribution in [1.29, 1.82) is 0 Å². The van der Waals surface area contributed by atoms with Gasteiger partial charge in [0.15, 0.2) is 0 Å². The quantitative estimate of drug-likeness (QED) is 0.490. The largest absolute Gasteiger partial charge is 0.346 e. The van der Waals surface area contributed by atoms with Crippen molar-refractivity contribution in [3.8, 4) is 0 Å². The van der Waals surface area contributed by atoms with E-state index in [9.17, 15) is 10.1 Å². The second kappa shape index (κ2) is 6.11. The van der Waals surface area contributed by atoms with Gasteiger partial charge in [0.05, 0.1) is 27.5 Å². The molecule has 1 aliphatic heterocycles. The van der Waals surface area contributed by atoms with Crippen molar-refractivity contribution >= 4 is 68.2 Å². The summed E-state index contributed by atoms with van der Waals surface area (Å²) < 4.78 is 9.03. The minimum absolute atomic E-state index is 0.00158. The zero-order chi connectivity index (χ0) is 16.7. The Hall–Kier alpha value is -2.04. The highest BCUT2D eigenvalue weighted by Gasteiger charge is 2.27. The Morgan fingerprint density at radius 3 is 2.92 bits per heavy atom. The van der Waals surface area contributed by atoms with Gasteiger partial charge in [0.1, 0.15) is 21.3 Å². The highest BCUT2D eigenvalue weighted by molar-refractivity contribution is 9.10. The first kappa shape index (κ1) is 15.5. The number of hydrogen-bond donors (Lipinski definition) is 1. The molecule has 7 nitrogen and oxygen atoms in total. The molecule has 3 aromatic rings. The summed E-state index contributed by atoms with van der Waals surface area (Å²) in [7, 11) is 0. The molecule has 0 amide bonds. The molecule has 2 heterocycles. The first-order chi connectivity index (χ1) is 11.6. The Morgan fingerprint density at radius 2 is 2.08 bits per heavy atom. The number of anilines is 1. The van der Waals surface area contributed by atoms with Crippen LogP contribution in [0.3, 0.4) is 0 Å². The van der Waals surface area contributed by atoms with Crippen molar-refractivity contribution in [1.82, 2.24) is 8.75 Å². The molecule has 2 aromatic carbocycles.